The van der Waals surface area contributed by atoms with E-state index in [-0.39, 0.29) is 0 Å². The quantitative estimate of drug-likeness (QED) is 0.222. The van der Waals surface area contributed by atoms with E-state index < -0.39 is 122 Å². The van der Waals surface area contributed by atoms with Crippen molar-refractivity contribution in [3.63, 3.8) is 0 Å². The fourth-order valence-corrected chi connectivity index (χ4v) is 37.9. The number of hydrogen-bond donors (Lipinski definition) is 1. The van der Waals surface area contributed by atoms with Gasteiger partial charge in [0.1, 0.15) is 0 Å². The highest BCUT2D eigenvalue weighted by atomic mass is 28.6. The smallest absolute Gasteiger partial charge is 0.374 e. The summed E-state index contributed by atoms with van der Waals surface area (Å²) in [6.07, 6.45) is -5.19. The first-order valence-corrected chi connectivity index (χ1v) is 30.4. The van der Waals surface area contributed by atoms with Gasteiger partial charge in [-0.15, -0.1) is 0 Å². The first-order chi connectivity index (χ1) is 23.8. The first-order valence-electron chi connectivity index (χ1n) is 17.6. The molecule has 306 valence electrons. The zero-order valence-corrected chi connectivity index (χ0v) is 41.1. The van der Waals surface area contributed by atoms with E-state index in [0.717, 1.165) is 0 Å². The summed E-state index contributed by atoms with van der Waals surface area (Å²) in [6, 6.07) is 0. The molecule has 4 atom stereocenters. The average molecular weight is 891 g/mol. The highest BCUT2D eigenvalue weighted by molar-refractivity contribution is 6.94. The van der Waals surface area contributed by atoms with Crippen LogP contribution in [0.25, 0.3) is 0 Å². The van der Waals surface area contributed by atoms with Gasteiger partial charge in [0.15, 0.2) is 0 Å². The molecule has 4 aliphatic rings. The van der Waals surface area contributed by atoms with Crippen molar-refractivity contribution in [2.75, 3.05) is 0 Å². The van der Waals surface area contributed by atoms with Crippen molar-refractivity contribution in [2.45, 2.75) is 160 Å². The molecular weight excluding hydrogens is 833 g/mol. The molecule has 4 rings (SSSR count). The normalized spacial score (nSPS) is 40.0. The van der Waals surface area contributed by atoms with Gasteiger partial charge in [-0.05, 0) is 111 Å². The van der Waals surface area contributed by atoms with Gasteiger partial charge < -0.3 is 85.5 Å². The Balaban J connectivity index is 2.21. The van der Waals surface area contributed by atoms with Gasteiger partial charge in [-0.2, -0.15) is 0 Å². The van der Waals surface area contributed by atoms with Crippen molar-refractivity contribution in [3.05, 3.63) is 0 Å². The van der Waals surface area contributed by atoms with Crippen molar-refractivity contribution in [1.29, 1.82) is 0 Å². The molecule has 52 heavy (non-hydrogen) atoms. The molecule has 20 nitrogen and oxygen atoms in total. The van der Waals surface area contributed by atoms with Crippen LogP contribution in [0.5, 0.6) is 0 Å². The average Bonchev–Trinajstić information content (AvgIpc) is 2.80. The highest BCUT2D eigenvalue weighted by Crippen LogP contribution is 2.47. The molecule has 0 radical (unpaired) electrons. The van der Waals surface area contributed by atoms with E-state index in [9.17, 15) is 4.80 Å². The third kappa shape index (κ3) is 11.8. The van der Waals surface area contributed by atoms with Crippen LogP contribution in [0.1, 0.15) is 111 Å². The van der Waals surface area contributed by atoms with Crippen molar-refractivity contribution < 1.29 is 85.5 Å². The van der Waals surface area contributed by atoms with Crippen LogP contribution in [-0.4, -0.2) is 126 Å². The van der Waals surface area contributed by atoms with Crippen LogP contribution >= 0.6 is 0 Å². The summed E-state index contributed by atoms with van der Waals surface area (Å²) in [4.78, 5) is 12.4. The summed E-state index contributed by atoms with van der Waals surface area (Å²) < 4.78 is 125. The Labute approximate surface area is 317 Å². The van der Waals surface area contributed by atoms with E-state index in [1.807, 2.05) is 0 Å². The molecule has 4 fully saturated rings. The Morgan fingerprint density at radius 2 is 0.558 bits per heavy atom. The van der Waals surface area contributed by atoms with Gasteiger partial charge >= 0.3 is 72.9 Å². The lowest BCUT2D eigenvalue weighted by molar-refractivity contribution is -0.155. The molecule has 0 spiro atoms. The van der Waals surface area contributed by atoms with E-state index in [0.29, 0.717) is 0 Å². The van der Waals surface area contributed by atoms with Crippen molar-refractivity contribution in [2.24, 2.45) is 0 Å². The molecule has 0 aromatic carbocycles. The highest BCUT2D eigenvalue weighted by Gasteiger charge is 2.87. The second-order valence-electron chi connectivity index (χ2n) is 14.3. The third-order valence-electron chi connectivity index (χ3n) is 5.79. The minimum Gasteiger partial charge on any atom is -0.374 e. The molecule has 0 aromatic heterocycles. The van der Waals surface area contributed by atoms with Gasteiger partial charge in [0.25, 0.3) is 0 Å². The number of rotatable bonds is 16. The summed E-state index contributed by atoms with van der Waals surface area (Å²) in [5.41, 5.74) is 0. The van der Waals surface area contributed by atoms with Gasteiger partial charge in [-0.3, -0.25) is 0 Å². The standard InChI is InChI=1S/C24H58O20Si8/c1-17(2)26-45-34-47(28-19(5)6)38-49(30-21(9)10)36-46(25,27-18(3)4)37-50(31-22(11)12)39-48(35-45,29-20(7)8)41-51(40-47,32-23(13)14)44-52(42-49,43-50)33-24(15)16/h17-25,45H,1-16H3. The predicted molar refractivity (Wildman–Crippen MR) is 191 cm³/mol. The molecule has 28 heteroatoms. The third-order valence-corrected chi connectivity index (χ3v) is 33.8. The molecule has 4 unspecified atom stereocenters. The van der Waals surface area contributed by atoms with Crippen LogP contribution in [0.4, 0.5) is 0 Å². The van der Waals surface area contributed by atoms with Crippen LogP contribution in [0, 0.1) is 0 Å². The van der Waals surface area contributed by atoms with Gasteiger partial charge in [-0.25, -0.2) is 0 Å². The molecule has 6 bridgehead atoms. The summed E-state index contributed by atoms with van der Waals surface area (Å²) in [6.45, 7) is 27.4. The van der Waals surface area contributed by atoms with Crippen LogP contribution in [0.2, 0.25) is 0 Å². The molecule has 1 N–H and O–H groups in total. The van der Waals surface area contributed by atoms with E-state index >= 15 is 0 Å². The van der Waals surface area contributed by atoms with Crippen LogP contribution in [-0.2, 0) is 80.7 Å². The second kappa shape index (κ2) is 17.0. The molecule has 0 amide bonds. The van der Waals surface area contributed by atoms with Gasteiger partial charge in [0.2, 0.25) is 0 Å². The Bertz CT molecular complexity index is 1100. The summed E-state index contributed by atoms with van der Waals surface area (Å²) >= 11 is 0. The largest absolute Gasteiger partial charge is 0.665 e. The molecule has 0 aromatic rings. The zero-order chi connectivity index (χ0) is 39.1. The SMILES string of the molecule is CC(C)O[SiH]1O[Si]2(OC(C)C)O[Si]3(OC(C)C)O[Si](O)(OC(C)C)O[Si]4(OC(C)C)O[Si](OC(C)C)(O1)O[Si](OC(C)C)(O2)O[Si](OC(C)C)(O3)O4. The maximum absolute atomic E-state index is 12.4. The topological polar surface area (TPSA) is 196 Å². The van der Waals surface area contributed by atoms with Crippen LogP contribution in [0.3, 0.4) is 0 Å². The van der Waals surface area contributed by atoms with Crippen molar-refractivity contribution >= 4 is 72.9 Å². The van der Waals surface area contributed by atoms with E-state index in [4.69, 9.17) is 80.7 Å². The summed E-state index contributed by atoms with van der Waals surface area (Å²) in [5.74, 6) is 0. The van der Waals surface area contributed by atoms with Crippen molar-refractivity contribution in [1.82, 2.24) is 0 Å². The summed E-state index contributed by atoms with van der Waals surface area (Å²) in [7, 11) is -38.7. The number of fused-ring (bicyclic) bond motifs is 4. The zero-order valence-electron chi connectivity index (χ0n) is 32.9. The first kappa shape index (κ1) is 45.6. The Morgan fingerprint density at radius 1 is 0.327 bits per heavy atom. The minimum atomic E-state index is -5.16. The summed E-state index contributed by atoms with van der Waals surface area (Å²) in [5, 5.41) is 0. The molecular formula is C24H58O20Si8. The minimum absolute atomic E-state index is 0.467. The second-order valence-corrected chi connectivity index (χ2v) is 33.1. The fourth-order valence-electron chi connectivity index (χ4n) is 4.85. The number of hydrogen-bond acceptors (Lipinski definition) is 20. The molecule has 0 aliphatic carbocycles. The van der Waals surface area contributed by atoms with Gasteiger partial charge in [0.05, 0.1) is 0 Å². The van der Waals surface area contributed by atoms with Crippen LogP contribution in [0.15, 0.2) is 0 Å². The Morgan fingerprint density at radius 3 is 0.808 bits per heavy atom. The van der Waals surface area contributed by atoms with Gasteiger partial charge in [-0.1, -0.05) is 0 Å². The lowest BCUT2D eigenvalue weighted by Crippen LogP contribution is -2.87. The van der Waals surface area contributed by atoms with Gasteiger partial charge in [0, 0.05) is 48.8 Å². The molecule has 0 saturated carbocycles. The molecule has 4 saturated heterocycles. The maximum Gasteiger partial charge on any atom is 0.665 e. The predicted octanol–water partition coefficient (Wildman–Crippen LogP) is 2.38. The van der Waals surface area contributed by atoms with Crippen LogP contribution < -0.4 is 0 Å². The monoisotopic (exact) mass is 890 g/mol. The fraction of sp³-hybridized carbons (Fsp3) is 1.00. The van der Waals surface area contributed by atoms with Crippen molar-refractivity contribution in [3.8, 4) is 0 Å². The molecule has 4 heterocycles. The van der Waals surface area contributed by atoms with E-state index in [2.05, 4.69) is 0 Å². The maximum atomic E-state index is 12.4. The Hall–Kier alpha value is 0.935. The lowest BCUT2D eigenvalue weighted by atomic mass is 10.5. The van der Waals surface area contributed by atoms with E-state index in [1.54, 1.807) is 111 Å². The van der Waals surface area contributed by atoms with E-state index in [1.165, 1.54) is 0 Å². The lowest BCUT2D eigenvalue weighted by Gasteiger charge is -2.55. The Kier molecular flexibility index (Phi) is 15.0. The molecule has 4 aliphatic heterocycles.